The van der Waals surface area contributed by atoms with Crippen molar-refractivity contribution in [2.45, 2.75) is 25.9 Å². The topological polar surface area (TPSA) is 59.5 Å². The maximum Gasteiger partial charge on any atom is 0.232 e. The van der Waals surface area contributed by atoms with Crippen LogP contribution in [-0.2, 0) is 13.0 Å². The van der Waals surface area contributed by atoms with E-state index in [0.717, 1.165) is 35.2 Å². The van der Waals surface area contributed by atoms with Crippen LogP contribution < -0.4 is 19.7 Å². The maximum atomic E-state index is 5.44. The summed E-state index contributed by atoms with van der Waals surface area (Å²) in [4.78, 5) is 11.5. The molecule has 6 nitrogen and oxygen atoms in total. The summed E-state index contributed by atoms with van der Waals surface area (Å²) in [6.07, 6.45) is 2.81. The van der Waals surface area contributed by atoms with E-state index in [4.69, 9.17) is 14.5 Å². The predicted octanol–water partition coefficient (Wildman–Crippen LogP) is 3.90. The SMILES string of the molecule is CC1Cc2ccccc2N1c1nccc(NCc2ccc3c(c2)OCO3)n1. The highest BCUT2D eigenvalue weighted by Crippen LogP contribution is 2.36. The van der Waals surface area contributed by atoms with E-state index in [9.17, 15) is 0 Å². The fourth-order valence-electron chi connectivity index (χ4n) is 3.68. The van der Waals surface area contributed by atoms with Crippen molar-refractivity contribution in [3.05, 3.63) is 65.9 Å². The highest BCUT2D eigenvalue weighted by molar-refractivity contribution is 5.67. The van der Waals surface area contributed by atoms with Gasteiger partial charge < -0.3 is 19.7 Å². The smallest absolute Gasteiger partial charge is 0.232 e. The van der Waals surface area contributed by atoms with E-state index < -0.39 is 0 Å². The lowest BCUT2D eigenvalue weighted by atomic mass is 10.1. The van der Waals surface area contributed by atoms with Crippen LogP contribution in [0, 0.1) is 0 Å². The van der Waals surface area contributed by atoms with Crippen molar-refractivity contribution >= 4 is 17.5 Å². The maximum absolute atomic E-state index is 5.44. The van der Waals surface area contributed by atoms with Crippen LogP contribution in [0.25, 0.3) is 0 Å². The fraction of sp³-hybridized carbons (Fsp3) is 0.238. The van der Waals surface area contributed by atoms with Gasteiger partial charge in [-0.1, -0.05) is 24.3 Å². The van der Waals surface area contributed by atoms with Crippen LogP contribution in [0.4, 0.5) is 17.5 Å². The molecule has 2 aliphatic heterocycles. The van der Waals surface area contributed by atoms with Gasteiger partial charge in [-0.3, -0.25) is 0 Å². The molecule has 2 aliphatic rings. The predicted molar refractivity (Wildman–Crippen MR) is 104 cm³/mol. The average Bonchev–Trinajstić information content (AvgIpc) is 3.29. The van der Waals surface area contributed by atoms with Crippen molar-refractivity contribution < 1.29 is 9.47 Å². The van der Waals surface area contributed by atoms with E-state index in [1.165, 1.54) is 11.3 Å². The Morgan fingerprint density at radius 3 is 2.96 bits per heavy atom. The van der Waals surface area contributed by atoms with Crippen molar-refractivity contribution in [3.8, 4) is 11.5 Å². The molecule has 6 heteroatoms. The molecule has 1 unspecified atom stereocenters. The minimum atomic E-state index is 0.289. The molecule has 1 N–H and O–H groups in total. The summed E-state index contributed by atoms with van der Waals surface area (Å²) >= 11 is 0. The molecule has 2 aromatic carbocycles. The second kappa shape index (κ2) is 6.46. The Morgan fingerprint density at radius 2 is 2.00 bits per heavy atom. The Bertz CT molecular complexity index is 991. The lowest BCUT2D eigenvalue weighted by molar-refractivity contribution is 0.174. The second-order valence-corrected chi connectivity index (χ2v) is 6.83. The molecule has 136 valence electrons. The van der Waals surface area contributed by atoms with Gasteiger partial charge in [-0.25, -0.2) is 4.98 Å². The molecule has 3 aromatic rings. The van der Waals surface area contributed by atoms with Gasteiger partial charge in [0.1, 0.15) is 5.82 Å². The number of benzene rings is 2. The molecule has 0 bridgehead atoms. The molecule has 3 heterocycles. The third-order valence-electron chi connectivity index (χ3n) is 4.98. The normalized spacial score (nSPS) is 17.1. The zero-order valence-corrected chi connectivity index (χ0v) is 15.1. The first kappa shape index (κ1) is 15.9. The van der Waals surface area contributed by atoms with Crippen molar-refractivity contribution in [1.82, 2.24) is 9.97 Å². The van der Waals surface area contributed by atoms with Gasteiger partial charge in [0.05, 0.1) is 0 Å². The fourth-order valence-corrected chi connectivity index (χ4v) is 3.68. The van der Waals surface area contributed by atoms with Gasteiger partial charge in [-0.2, -0.15) is 4.98 Å². The van der Waals surface area contributed by atoms with Crippen molar-refractivity contribution in [1.29, 1.82) is 0 Å². The standard InChI is InChI=1S/C21H20N4O2/c1-14-10-16-4-2-3-5-17(16)25(14)21-22-9-8-20(24-21)23-12-15-6-7-18-19(11-15)27-13-26-18/h2-9,11,14H,10,12-13H2,1H3,(H,22,23,24). The molecule has 27 heavy (non-hydrogen) atoms. The van der Waals surface area contributed by atoms with E-state index in [-0.39, 0.29) is 6.79 Å². The molecule has 5 rings (SSSR count). The minimum Gasteiger partial charge on any atom is -0.454 e. The number of hydrogen-bond acceptors (Lipinski definition) is 6. The molecule has 0 saturated heterocycles. The highest BCUT2D eigenvalue weighted by atomic mass is 16.7. The van der Waals surface area contributed by atoms with Crippen LogP contribution >= 0.6 is 0 Å². The summed E-state index contributed by atoms with van der Waals surface area (Å²) in [7, 11) is 0. The number of para-hydroxylation sites is 1. The Morgan fingerprint density at radius 1 is 1.11 bits per heavy atom. The van der Waals surface area contributed by atoms with Gasteiger partial charge in [0, 0.05) is 24.5 Å². The van der Waals surface area contributed by atoms with E-state index in [0.29, 0.717) is 12.6 Å². The van der Waals surface area contributed by atoms with E-state index in [1.807, 2.05) is 24.3 Å². The molecular weight excluding hydrogens is 340 g/mol. The van der Waals surface area contributed by atoms with Crippen LogP contribution in [-0.4, -0.2) is 22.8 Å². The summed E-state index contributed by atoms with van der Waals surface area (Å²) in [5, 5.41) is 3.38. The van der Waals surface area contributed by atoms with E-state index in [1.54, 1.807) is 6.20 Å². The summed E-state index contributed by atoms with van der Waals surface area (Å²) in [6.45, 7) is 3.15. The Labute approximate surface area is 157 Å². The number of ether oxygens (including phenoxy) is 2. The first-order valence-corrected chi connectivity index (χ1v) is 9.10. The Kier molecular flexibility index (Phi) is 3.81. The first-order valence-electron chi connectivity index (χ1n) is 9.10. The Hall–Kier alpha value is -3.28. The van der Waals surface area contributed by atoms with Crippen LogP contribution in [0.15, 0.2) is 54.7 Å². The van der Waals surface area contributed by atoms with Crippen molar-refractivity contribution in [2.75, 3.05) is 17.0 Å². The van der Waals surface area contributed by atoms with Gasteiger partial charge in [-0.05, 0) is 48.7 Å². The van der Waals surface area contributed by atoms with E-state index >= 15 is 0 Å². The molecule has 1 aromatic heterocycles. The molecule has 1 atom stereocenters. The van der Waals surface area contributed by atoms with Crippen molar-refractivity contribution in [2.24, 2.45) is 0 Å². The van der Waals surface area contributed by atoms with Crippen LogP contribution in [0.1, 0.15) is 18.1 Å². The monoisotopic (exact) mass is 360 g/mol. The zero-order valence-electron chi connectivity index (χ0n) is 15.1. The summed E-state index contributed by atoms with van der Waals surface area (Å²) in [5.74, 6) is 3.11. The number of nitrogens with one attached hydrogen (secondary N) is 1. The number of aromatic nitrogens is 2. The Balaban J connectivity index is 1.35. The highest BCUT2D eigenvalue weighted by Gasteiger charge is 2.28. The van der Waals surface area contributed by atoms with Gasteiger partial charge in [0.25, 0.3) is 0 Å². The number of fused-ring (bicyclic) bond motifs is 2. The van der Waals surface area contributed by atoms with Gasteiger partial charge >= 0.3 is 0 Å². The zero-order chi connectivity index (χ0) is 18.2. The largest absolute Gasteiger partial charge is 0.454 e. The molecule has 0 aliphatic carbocycles. The summed E-state index contributed by atoms with van der Waals surface area (Å²) < 4.78 is 10.8. The lowest BCUT2D eigenvalue weighted by Crippen LogP contribution is -2.26. The van der Waals surface area contributed by atoms with Crippen LogP contribution in [0.2, 0.25) is 0 Å². The molecule has 0 fully saturated rings. The molecular formula is C21H20N4O2. The summed E-state index contributed by atoms with van der Waals surface area (Å²) in [5.41, 5.74) is 3.64. The number of anilines is 3. The number of rotatable bonds is 4. The second-order valence-electron chi connectivity index (χ2n) is 6.83. The number of hydrogen-bond donors (Lipinski definition) is 1. The number of nitrogens with zero attached hydrogens (tertiary/aromatic N) is 3. The molecule has 0 amide bonds. The van der Waals surface area contributed by atoms with Gasteiger partial charge in [0.2, 0.25) is 12.7 Å². The van der Waals surface area contributed by atoms with Gasteiger partial charge in [-0.15, -0.1) is 0 Å². The minimum absolute atomic E-state index is 0.289. The third-order valence-corrected chi connectivity index (χ3v) is 4.98. The molecule has 0 saturated carbocycles. The van der Waals surface area contributed by atoms with Crippen LogP contribution in [0.5, 0.6) is 11.5 Å². The quantitative estimate of drug-likeness (QED) is 0.761. The third kappa shape index (κ3) is 2.93. The average molecular weight is 360 g/mol. The van der Waals surface area contributed by atoms with Gasteiger partial charge in [0.15, 0.2) is 11.5 Å². The van der Waals surface area contributed by atoms with E-state index in [2.05, 4.69) is 46.4 Å². The summed E-state index contributed by atoms with van der Waals surface area (Å²) in [6, 6.07) is 16.6. The first-order chi connectivity index (χ1) is 13.3. The van der Waals surface area contributed by atoms with Crippen molar-refractivity contribution in [3.63, 3.8) is 0 Å². The lowest BCUT2D eigenvalue weighted by Gasteiger charge is -2.23. The van der Waals surface area contributed by atoms with Crippen LogP contribution in [0.3, 0.4) is 0 Å². The molecule has 0 spiro atoms. The molecule has 0 radical (unpaired) electrons.